The molecule has 26 heavy (non-hydrogen) atoms. The number of rotatable bonds is 18. The van der Waals surface area contributed by atoms with Gasteiger partial charge in [-0.2, -0.15) is 0 Å². The fourth-order valence-electron chi connectivity index (χ4n) is 4.07. The Kier molecular flexibility index (Phi) is 16.6. The van der Waals surface area contributed by atoms with E-state index in [0.717, 1.165) is 5.92 Å². The average Bonchev–Trinajstić information content (AvgIpc) is 3.04. The predicted molar refractivity (Wildman–Crippen MR) is 126 cm³/mol. The Balaban J connectivity index is 2.19. The monoisotopic (exact) mass is 486 g/mol. The molecule has 0 fully saturated rings. The van der Waals surface area contributed by atoms with Crippen LogP contribution in [0.5, 0.6) is 0 Å². The van der Waals surface area contributed by atoms with Crippen molar-refractivity contribution in [1.29, 1.82) is 0 Å². The molecule has 0 aliphatic carbocycles. The van der Waals surface area contributed by atoms with E-state index in [9.17, 15) is 0 Å². The second-order valence-corrected chi connectivity index (χ2v) is 14.7. The van der Waals surface area contributed by atoms with E-state index in [2.05, 4.69) is 25.3 Å². The van der Waals surface area contributed by atoms with Crippen molar-refractivity contribution in [2.24, 2.45) is 5.92 Å². The molecular formula is C24H46SSn. The Hall–Kier alpha value is 0.499. The van der Waals surface area contributed by atoms with Crippen LogP contribution in [0, 0.1) is 5.92 Å². The summed E-state index contributed by atoms with van der Waals surface area (Å²) < 4.78 is 1.69. The van der Waals surface area contributed by atoms with Gasteiger partial charge >= 0.3 is 156 Å². The van der Waals surface area contributed by atoms with E-state index in [4.69, 9.17) is 0 Å². The van der Waals surface area contributed by atoms with Gasteiger partial charge in [0, 0.05) is 0 Å². The summed E-state index contributed by atoms with van der Waals surface area (Å²) in [7, 11) is 0. The van der Waals surface area contributed by atoms with Gasteiger partial charge in [0.25, 0.3) is 0 Å². The Labute approximate surface area is 182 Å². The van der Waals surface area contributed by atoms with Gasteiger partial charge in [0.15, 0.2) is 0 Å². The third kappa shape index (κ3) is 13.6. The molecule has 0 bridgehead atoms. The van der Waals surface area contributed by atoms with Gasteiger partial charge in [0.05, 0.1) is 0 Å². The van der Waals surface area contributed by atoms with Gasteiger partial charge in [-0.05, 0) is 0 Å². The van der Waals surface area contributed by atoms with Crippen LogP contribution in [0.25, 0.3) is 0 Å². The van der Waals surface area contributed by atoms with E-state index in [0.29, 0.717) is 22.5 Å². The minimum absolute atomic E-state index is 0.698. The summed E-state index contributed by atoms with van der Waals surface area (Å²) in [5.74, 6) is 0.950. The summed E-state index contributed by atoms with van der Waals surface area (Å²) in [4.78, 5) is 0. The maximum absolute atomic E-state index is 2.52. The van der Waals surface area contributed by atoms with Gasteiger partial charge in [0.2, 0.25) is 0 Å². The summed E-state index contributed by atoms with van der Waals surface area (Å²) in [5.41, 5.74) is 1.65. The van der Waals surface area contributed by atoms with Gasteiger partial charge in [-0.15, -0.1) is 0 Å². The van der Waals surface area contributed by atoms with Crippen LogP contribution in [-0.2, 0) is 6.42 Å². The third-order valence-electron chi connectivity index (χ3n) is 5.74. The minimum atomic E-state index is 0.698. The molecule has 1 atom stereocenters. The molecule has 0 amide bonds. The molecule has 1 heterocycles. The first-order valence-electron chi connectivity index (χ1n) is 11.8. The normalized spacial score (nSPS) is 12.7. The average molecular weight is 485 g/mol. The van der Waals surface area contributed by atoms with E-state index in [1.165, 1.54) is 109 Å². The van der Waals surface area contributed by atoms with Crippen LogP contribution in [0.15, 0.2) is 11.4 Å². The maximum atomic E-state index is 2.52. The van der Waals surface area contributed by atoms with Crippen molar-refractivity contribution < 1.29 is 0 Å². The van der Waals surface area contributed by atoms with Gasteiger partial charge in [0.1, 0.15) is 0 Å². The predicted octanol–water partition coefficient (Wildman–Crippen LogP) is 7.18. The van der Waals surface area contributed by atoms with Crippen LogP contribution < -0.4 is 2.89 Å². The summed E-state index contributed by atoms with van der Waals surface area (Å²) in [5, 5.41) is 2.45. The van der Waals surface area contributed by atoms with Gasteiger partial charge < -0.3 is 0 Å². The molecule has 0 saturated heterocycles. The number of hydrogen-bond acceptors (Lipinski definition) is 1. The van der Waals surface area contributed by atoms with Crippen molar-refractivity contribution in [2.75, 3.05) is 0 Å². The summed E-state index contributed by atoms with van der Waals surface area (Å²) >= 11 is 2.72. The second kappa shape index (κ2) is 17.6. The van der Waals surface area contributed by atoms with E-state index in [-0.39, 0.29) is 0 Å². The molecule has 1 rings (SSSR count). The molecule has 0 spiro atoms. The second-order valence-electron chi connectivity index (χ2n) is 8.46. The van der Waals surface area contributed by atoms with Gasteiger partial charge in [-0.3, -0.25) is 0 Å². The first-order valence-corrected chi connectivity index (χ1v) is 15.5. The molecule has 0 aromatic carbocycles. The molecule has 0 saturated carbocycles. The van der Waals surface area contributed by atoms with E-state index >= 15 is 0 Å². The first-order chi connectivity index (χ1) is 12.8. The standard InChI is InChI=1S/C24H43S.Sn.3H/c1-3-5-7-9-11-12-14-16-18-23(21-24-19-20-25-22-24)17-15-13-10-8-6-4-2;;;;/h19,22-23H,3-18,21H2,1-2H3;;;;. The van der Waals surface area contributed by atoms with E-state index in [1.807, 2.05) is 11.3 Å². The third-order valence-corrected chi connectivity index (χ3v) is 9.49. The molecule has 1 aromatic heterocycles. The Morgan fingerprint density at radius 3 is 1.62 bits per heavy atom. The zero-order chi connectivity index (χ0) is 18.9. The van der Waals surface area contributed by atoms with Crippen LogP contribution >= 0.6 is 11.3 Å². The summed E-state index contributed by atoms with van der Waals surface area (Å²) in [6.45, 7) is 4.62. The summed E-state index contributed by atoms with van der Waals surface area (Å²) in [6.07, 6.45) is 24.6. The van der Waals surface area contributed by atoms with Crippen molar-refractivity contribution in [1.82, 2.24) is 0 Å². The van der Waals surface area contributed by atoms with Crippen LogP contribution in [0.3, 0.4) is 0 Å². The fourth-order valence-corrected chi connectivity index (χ4v) is 6.86. The van der Waals surface area contributed by atoms with E-state index < -0.39 is 0 Å². The first kappa shape index (κ1) is 24.5. The molecule has 0 N–H and O–H groups in total. The van der Waals surface area contributed by atoms with Crippen molar-refractivity contribution >= 4 is 36.8 Å². The number of thiophene rings is 1. The Morgan fingerprint density at radius 1 is 0.731 bits per heavy atom. The number of hydrogen-bond donors (Lipinski definition) is 0. The molecule has 0 radical (unpaired) electrons. The van der Waals surface area contributed by atoms with Crippen molar-refractivity contribution in [3.05, 3.63) is 17.0 Å². The van der Waals surface area contributed by atoms with E-state index in [1.54, 1.807) is 8.46 Å². The molecule has 2 heteroatoms. The van der Waals surface area contributed by atoms with Crippen molar-refractivity contribution in [2.45, 2.75) is 123 Å². The molecular weight excluding hydrogens is 439 g/mol. The topological polar surface area (TPSA) is 0 Å². The van der Waals surface area contributed by atoms with Gasteiger partial charge in [-0.1, -0.05) is 26.7 Å². The van der Waals surface area contributed by atoms with Crippen LogP contribution in [0.1, 0.15) is 122 Å². The zero-order valence-electron chi connectivity index (χ0n) is 18.2. The summed E-state index contributed by atoms with van der Waals surface area (Å²) in [6, 6.07) is 2.52. The fraction of sp³-hybridized carbons (Fsp3) is 0.833. The zero-order valence-corrected chi connectivity index (χ0v) is 24.7. The number of unbranched alkanes of at least 4 members (excludes halogenated alkanes) is 12. The molecule has 152 valence electrons. The Morgan fingerprint density at radius 2 is 1.19 bits per heavy atom. The van der Waals surface area contributed by atoms with Crippen molar-refractivity contribution in [3.63, 3.8) is 0 Å². The van der Waals surface area contributed by atoms with Gasteiger partial charge in [-0.25, -0.2) is 0 Å². The van der Waals surface area contributed by atoms with Crippen LogP contribution in [-0.4, -0.2) is 22.5 Å². The molecule has 1 unspecified atom stereocenters. The SMILES string of the molecule is CCCCCCCCCCC(CCCCCCCC)Cc1cs[c]([SnH3])c1. The molecule has 0 aliphatic heterocycles. The Bertz CT molecular complexity index is 412. The molecule has 1 aromatic rings. The van der Waals surface area contributed by atoms with Crippen LogP contribution in [0.4, 0.5) is 0 Å². The van der Waals surface area contributed by atoms with Crippen molar-refractivity contribution in [3.8, 4) is 0 Å². The van der Waals surface area contributed by atoms with Crippen LogP contribution in [0.2, 0.25) is 0 Å². The molecule has 0 aliphatic rings. The molecule has 0 nitrogen and oxygen atoms in total. The quantitative estimate of drug-likeness (QED) is 0.153.